The quantitative estimate of drug-likeness (QED) is 0.812. The van der Waals surface area contributed by atoms with Gasteiger partial charge in [0.1, 0.15) is 0 Å². The molecule has 1 heterocycles. The van der Waals surface area contributed by atoms with Crippen LogP contribution in [0, 0.1) is 0 Å². The standard InChI is InChI=1S/C8H10Cl2N4/c1-3-4-5(2)11-8-13-6(9)12-7(10)14-8/h3,5H,1,4H2,2H3,(H,11,12,13,14). The van der Waals surface area contributed by atoms with E-state index in [0.29, 0.717) is 5.95 Å². The molecule has 14 heavy (non-hydrogen) atoms. The van der Waals surface area contributed by atoms with Crippen LogP contribution < -0.4 is 5.32 Å². The van der Waals surface area contributed by atoms with Crippen LogP contribution in [0.2, 0.25) is 10.6 Å². The van der Waals surface area contributed by atoms with Crippen LogP contribution in [-0.2, 0) is 0 Å². The van der Waals surface area contributed by atoms with Crippen LogP contribution >= 0.6 is 23.2 Å². The lowest BCUT2D eigenvalue weighted by molar-refractivity contribution is 0.795. The summed E-state index contributed by atoms with van der Waals surface area (Å²) in [7, 11) is 0. The van der Waals surface area contributed by atoms with Crippen molar-refractivity contribution >= 4 is 29.2 Å². The van der Waals surface area contributed by atoms with E-state index < -0.39 is 0 Å². The molecule has 76 valence electrons. The smallest absolute Gasteiger partial charge is 0.228 e. The van der Waals surface area contributed by atoms with Gasteiger partial charge in [0, 0.05) is 6.04 Å². The molecule has 0 bridgehead atoms. The average molecular weight is 233 g/mol. The minimum absolute atomic E-state index is 0.0818. The second-order valence-corrected chi connectivity index (χ2v) is 3.44. The van der Waals surface area contributed by atoms with Gasteiger partial charge in [-0.2, -0.15) is 15.0 Å². The topological polar surface area (TPSA) is 50.7 Å². The molecule has 0 spiro atoms. The summed E-state index contributed by atoms with van der Waals surface area (Å²) in [6.45, 7) is 5.61. The van der Waals surface area contributed by atoms with Crippen LogP contribution in [0.25, 0.3) is 0 Å². The third kappa shape index (κ3) is 3.47. The number of nitrogens with one attached hydrogen (secondary N) is 1. The zero-order valence-electron chi connectivity index (χ0n) is 7.67. The molecule has 0 saturated carbocycles. The van der Waals surface area contributed by atoms with Crippen LogP contribution in [0.4, 0.5) is 5.95 Å². The number of halogens is 2. The molecular weight excluding hydrogens is 223 g/mol. The summed E-state index contributed by atoms with van der Waals surface area (Å²) in [5.74, 6) is 0.379. The Labute approximate surface area is 92.4 Å². The molecule has 1 aromatic rings. The van der Waals surface area contributed by atoms with Crippen LogP contribution in [0.3, 0.4) is 0 Å². The molecule has 1 unspecified atom stereocenters. The summed E-state index contributed by atoms with van der Waals surface area (Å²) in [4.78, 5) is 11.4. The van der Waals surface area contributed by atoms with Gasteiger partial charge in [0.25, 0.3) is 0 Å². The van der Waals surface area contributed by atoms with Gasteiger partial charge in [0.2, 0.25) is 16.5 Å². The lowest BCUT2D eigenvalue weighted by Gasteiger charge is -2.10. The van der Waals surface area contributed by atoms with Crippen molar-refractivity contribution in [3.05, 3.63) is 23.2 Å². The van der Waals surface area contributed by atoms with Crippen molar-refractivity contribution in [2.24, 2.45) is 0 Å². The lowest BCUT2D eigenvalue weighted by Crippen LogP contribution is -2.16. The molecule has 6 heteroatoms. The SMILES string of the molecule is C=CCC(C)Nc1nc(Cl)nc(Cl)n1. The highest BCUT2D eigenvalue weighted by molar-refractivity contribution is 6.31. The predicted molar refractivity (Wildman–Crippen MR) is 57.7 cm³/mol. The number of hydrogen-bond donors (Lipinski definition) is 1. The maximum Gasteiger partial charge on any atom is 0.228 e. The first kappa shape index (κ1) is 11.2. The zero-order chi connectivity index (χ0) is 10.6. The Kier molecular flexibility index (Phi) is 4.10. The molecule has 0 fully saturated rings. The first-order chi connectivity index (χ1) is 6.61. The molecule has 0 aliphatic heterocycles. The summed E-state index contributed by atoms with van der Waals surface area (Å²) in [5, 5.41) is 3.19. The van der Waals surface area contributed by atoms with Crippen molar-refractivity contribution in [2.45, 2.75) is 19.4 Å². The molecule has 0 saturated heterocycles. The lowest BCUT2D eigenvalue weighted by atomic mass is 10.2. The van der Waals surface area contributed by atoms with Crippen LogP contribution in [0.15, 0.2) is 12.7 Å². The van der Waals surface area contributed by atoms with E-state index in [9.17, 15) is 0 Å². The van der Waals surface area contributed by atoms with Gasteiger partial charge in [-0.05, 0) is 36.5 Å². The normalized spacial score (nSPS) is 12.2. The van der Waals surface area contributed by atoms with E-state index in [1.54, 1.807) is 0 Å². The Morgan fingerprint density at radius 1 is 1.36 bits per heavy atom. The van der Waals surface area contributed by atoms with E-state index in [4.69, 9.17) is 23.2 Å². The molecule has 1 rings (SSSR count). The van der Waals surface area contributed by atoms with Crippen molar-refractivity contribution in [2.75, 3.05) is 5.32 Å². The fourth-order valence-electron chi connectivity index (χ4n) is 0.920. The van der Waals surface area contributed by atoms with Crippen LogP contribution in [-0.4, -0.2) is 21.0 Å². The zero-order valence-corrected chi connectivity index (χ0v) is 9.18. The van der Waals surface area contributed by atoms with E-state index in [1.807, 2.05) is 13.0 Å². The van der Waals surface area contributed by atoms with Gasteiger partial charge in [-0.25, -0.2) is 0 Å². The summed E-state index contributed by atoms with van der Waals surface area (Å²) in [5.41, 5.74) is 0. The highest BCUT2D eigenvalue weighted by atomic mass is 35.5. The van der Waals surface area contributed by atoms with Crippen LogP contribution in [0.1, 0.15) is 13.3 Å². The Morgan fingerprint density at radius 2 is 1.93 bits per heavy atom. The van der Waals surface area contributed by atoms with Crippen molar-refractivity contribution in [1.29, 1.82) is 0 Å². The highest BCUT2D eigenvalue weighted by Crippen LogP contribution is 2.11. The fourth-order valence-corrected chi connectivity index (χ4v) is 1.28. The van der Waals surface area contributed by atoms with Gasteiger partial charge in [-0.1, -0.05) is 6.08 Å². The van der Waals surface area contributed by atoms with Crippen molar-refractivity contribution in [1.82, 2.24) is 15.0 Å². The Balaban J connectivity index is 2.71. The van der Waals surface area contributed by atoms with E-state index in [-0.39, 0.29) is 16.6 Å². The van der Waals surface area contributed by atoms with E-state index in [1.165, 1.54) is 0 Å². The minimum Gasteiger partial charge on any atom is -0.351 e. The molecule has 0 aliphatic rings. The van der Waals surface area contributed by atoms with Gasteiger partial charge in [0.05, 0.1) is 0 Å². The summed E-state index contributed by atoms with van der Waals surface area (Å²) < 4.78 is 0. The number of nitrogens with zero attached hydrogens (tertiary/aromatic N) is 3. The van der Waals surface area contributed by atoms with Gasteiger partial charge in [-0.3, -0.25) is 0 Å². The highest BCUT2D eigenvalue weighted by Gasteiger charge is 2.05. The largest absolute Gasteiger partial charge is 0.351 e. The van der Waals surface area contributed by atoms with E-state index in [0.717, 1.165) is 6.42 Å². The molecule has 1 N–H and O–H groups in total. The van der Waals surface area contributed by atoms with Gasteiger partial charge in [-0.15, -0.1) is 6.58 Å². The molecule has 1 atom stereocenters. The number of hydrogen-bond acceptors (Lipinski definition) is 4. The van der Waals surface area contributed by atoms with Gasteiger partial charge < -0.3 is 5.32 Å². The second-order valence-electron chi connectivity index (χ2n) is 2.77. The molecule has 0 amide bonds. The Hall–Kier alpha value is -0.870. The summed E-state index contributed by atoms with van der Waals surface area (Å²) >= 11 is 11.2. The average Bonchev–Trinajstić information content (AvgIpc) is 2.01. The van der Waals surface area contributed by atoms with E-state index in [2.05, 4.69) is 26.8 Å². The third-order valence-electron chi connectivity index (χ3n) is 1.48. The van der Waals surface area contributed by atoms with Gasteiger partial charge >= 0.3 is 0 Å². The molecular formula is C8H10Cl2N4. The first-order valence-corrected chi connectivity index (χ1v) is 4.82. The number of aromatic nitrogens is 3. The number of anilines is 1. The third-order valence-corrected chi connectivity index (χ3v) is 1.81. The van der Waals surface area contributed by atoms with Crippen molar-refractivity contribution in [3.8, 4) is 0 Å². The van der Waals surface area contributed by atoms with Crippen molar-refractivity contribution in [3.63, 3.8) is 0 Å². The fraction of sp³-hybridized carbons (Fsp3) is 0.375. The monoisotopic (exact) mass is 232 g/mol. The Morgan fingerprint density at radius 3 is 2.43 bits per heavy atom. The molecule has 0 aromatic carbocycles. The number of rotatable bonds is 4. The van der Waals surface area contributed by atoms with Gasteiger partial charge in [0.15, 0.2) is 0 Å². The van der Waals surface area contributed by atoms with Crippen molar-refractivity contribution < 1.29 is 0 Å². The summed E-state index contributed by atoms with van der Waals surface area (Å²) in [6, 6.07) is 0.182. The predicted octanol–water partition coefficient (Wildman–Crippen LogP) is 2.55. The molecule has 1 aromatic heterocycles. The van der Waals surface area contributed by atoms with E-state index >= 15 is 0 Å². The molecule has 4 nitrogen and oxygen atoms in total. The first-order valence-electron chi connectivity index (χ1n) is 4.06. The second kappa shape index (κ2) is 5.12. The van der Waals surface area contributed by atoms with Crippen LogP contribution in [0.5, 0.6) is 0 Å². The molecule has 0 radical (unpaired) electrons. The summed E-state index contributed by atoms with van der Waals surface area (Å²) in [6.07, 6.45) is 2.61. The molecule has 0 aliphatic carbocycles. The maximum absolute atomic E-state index is 5.60. The maximum atomic E-state index is 5.60. The Bertz CT molecular complexity index is 309. The minimum atomic E-state index is 0.0818.